The molecule has 2 aromatic carbocycles. The third kappa shape index (κ3) is 3.87. The van der Waals surface area contributed by atoms with Crippen molar-refractivity contribution >= 4 is 34.5 Å². The molecule has 0 fully saturated rings. The smallest absolute Gasteiger partial charge is 0.255 e. The summed E-state index contributed by atoms with van der Waals surface area (Å²) in [5, 5.41) is 8.91. The van der Waals surface area contributed by atoms with Crippen LogP contribution in [0.25, 0.3) is 0 Å². The molecule has 0 spiro atoms. The summed E-state index contributed by atoms with van der Waals surface area (Å²) in [6.45, 7) is 0.442. The summed E-state index contributed by atoms with van der Waals surface area (Å²) in [6.07, 6.45) is 0. The number of benzene rings is 2. The standard InChI is InChI=1S/C16H13BrN2OS/c1-19(10-12-4-2-3-11(7-12)9-18)16(20)14-8-13(21)5-6-15(14)17/h2-8,21H,10H2,1H3. The zero-order valence-corrected chi connectivity index (χ0v) is 13.9. The molecule has 2 rings (SSSR count). The Hall–Kier alpha value is -1.77. The highest BCUT2D eigenvalue weighted by atomic mass is 79.9. The summed E-state index contributed by atoms with van der Waals surface area (Å²) in [7, 11) is 1.74. The average Bonchev–Trinajstić information content (AvgIpc) is 2.49. The van der Waals surface area contributed by atoms with Crippen LogP contribution in [0.2, 0.25) is 0 Å². The molecule has 0 aliphatic heterocycles. The van der Waals surface area contributed by atoms with Crippen molar-refractivity contribution in [2.75, 3.05) is 7.05 Å². The number of rotatable bonds is 3. The first kappa shape index (κ1) is 15.6. The minimum atomic E-state index is -0.0971. The lowest BCUT2D eigenvalue weighted by Crippen LogP contribution is -2.26. The van der Waals surface area contributed by atoms with Gasteiger partial charge in [-0.2, -0.15) is 5.26 Å². The van der Waals surface area contributed by atoms with Gasteiger partial charge in [0.05, 0.1) is 17.2 Å². The zero-order chi connectivity index (χ0) is 15.4. The van der Waals surface area contributed by atoms with Crippen LogP contribution >= 0.6 is 28.6 Å². The van der Waals surface area contributed by atoms with Crippen LogP contribution in [0.1, 0.15) is 21.5 Å². The molecule has 0 unspecified atom stereocenters. The molecule has 0 N–H and O–H groups in total. The number of carbonyl (C=O) groups excluding carboxylic acids is 1. The van der Waals surface area contributed by atoms with E-state index in [2.05, 4.69) is 34.6 Å². The van der Waals surface area contributed by atoms with Gasteiger partial charge in [0.2, 0.25) is 0 Å². The fourth-order valence-corrected chi connectivity index (χ4v) is 2.59. The van der Waals surface area contributed by atoms with Gasteiger partial charge in [-0.25, -0.2) is 0 Å². The number of hydrogen-bond donors (Lipinski definition) is 1. The summed E-state index contributed by atoms with van der Waals surface area (Å²) in [6, 6.07) is 14.7. The second-order valence-electron chi connectivity index (χ2n) is 4.64. The number of amides is 1. The van der Waals surface area contributed by atoms with E-state index in [0.717, 1.165) is 14.9 Å². The van der Waals surface area contributed by atoms with Crippen molar-refractivity contribution in [1.82, 2.24) is 4.90 Å². The van der Waals surface area contributed by atoms with Gasteiger partial charge in [0.1, 0.15) is 0 Å². The average molecular weight is 361 g/mol. The molecule has 0 atom stereocenters. The molecular formula is C16H13BrN2OS. The first-order chi connectivity index (χ1) is 10.0. The zero-order valence-electron chi connectivity index (χ0n) is 11.4. The van der Waals surface area contributed by atoms with Gasteiger partial charge in [-0.1, -0.05) is 12.1 Å². The van der Waals surface area contributed by atoms with E-state index in [-0.39, 0.29) is 5.91 Å². The van der Waals surface area contributed by atoms with Crippen LogP contribution in [0.5, 0.6) is 0 Å². The van der Waals surface area contributed by atoms with E-state index in [1.54, 1.807) is 36.2 Å². The van der Waals surface area contributed by atoms with Crippen molar-refractivity contribution in [3.8, 4) is 6.07 Å². The molecule has 0 radical (unpaired) electrons. The third-order valence-corrected chi connectivity index (χ3v) is 3.97. The molecule has 1 amide bonds. The second kappa shape index (κ2) is 6.79. The van der Waals surface area contributed by atoms with Crippen LogP contribution in [-0.2, 0) is 6.54 Å². The lowest BCUT2D eigenvalue weighted by molar-refractivity contribution is 0.0784. The second-order valence-corrected chi connectivity index (χ2v) is 6.01. The van der Waals surface area contributed by atoms with Crippen LogP contribution in [0.4, 0.5) is 0 Å². The Bertz CT molecular complexity index is 724. The first-order valence-corrected chi connectivity index (χ1v) is 7.48. The summed E-state index contributed by atoms with van der Waals surface area (Å²) in [4.78, 5) is 14.8. The highest BCUT2D eigenvalue weighted by molar-refractivity contribution is 9.10. The van der Waals surface area contributed by atoms with Crippen molar-refractivity contribution in [3.05, 3.63) is 63.6 Å². The summed E-state index contributed by atoms with van der Waals surface area (Å²) >= 11 is 7.65. The van der Waals surface area contributed by atoms with Crippen LogP contribution < -0.4 is 0 Å². The van der Waals surface area contributed by atoms with E-state index >= 15 is 0 Å². The van der Waals surface area contributed by atoms with Gasteiger partial charge < -0.3 is 4.90 Å². The predicted molar refractivity (Wildman–Crippen MR) is 88.3 cm³/mol. The lowest BCUT2D eigenvalue weighted by Gasteiger charge is -2.18. The van der Waals surface area contributed by atoms with Gasteiger partial charge in [-0.3, -0.25) is 4.79 Å². The van der Waals surface area contributed by atoms with E-state index in [9.17, 15) is 4.79 Å². The van der Waals surface area contributed by atoms with Crippen molar-refractivity contribution < 1.29 is 4.79 Å². The normalized spacial score (nSPS) is 10.0. The Morgan fingerprint density at radius 1 is 1.33 bits per heavy atom. The van der Waals surface area contributed by atoms with Crippen LogP contribution in [0, 0.1) is 11.3 Å². The van der Waals surface area contributed by atoms with Gasteiger partial charge in [0.25, 0.3) is 5.91 Å². The number of thiol groups is 1. The van der Waals surface area contributed by atoms with Crippen LogP contribution in [0.3, 0.4) is 0 Å². The number of nitrogens with zero attached hydrogens (tertiary/aromatic N) is 2. The fraction of sp³-hybridized carbons (Fsp3) is 0.125. The van der Waals surface area contributed by atoms with E-state index in [0.29, 0.717) is 17.7 Å². The molecule has 2 aromatic rings. The van der Waals surface area contributed by atoms with Crippen molar-refractivity contribution in [3.63, 3.8) is 0 Å². The number of nitriles is 1. The molecule has 0 bridgehead atoms. The number of carbonyl (C=O) groups is 1. The number of hydrogen-bond acceptors (Lipinski definition) is 3. The van der Waals surface area contributed by atoms with Crippen molar-refractivity contribution in [2.24, 2.45) is 0 Å². The number of halogens is 1. The highest BCUT2D eigenvalue weighted by Crippen LogP contribution is 2.22. The van der Waals surface area contributed by atoms with E-state index < -0.39 is 0 Å². The minimum absolute atomic E-state index is 0.0971. The predicted octanol–water partition coefficient (Wildman–Crippen LogP) is 3.88. The minimum Gasteiger partial charge on any atom is -0.337 e. The SMILES string of the molecule is CN(Cc1cccc(C#N)c1)C(=O)c1cc(S)ccc1Br. The molecule has 3 nitrogen and oxygen atoms in total. The van der Waals surface area contributed by atoms with Gasteiger partial charge >= 0.3 is 0 Å². The molecule has 0 heterocycles. The molecule has 5 heteroatoms. The molecular weight excluding hydrogens is 348 g/mol. The Morgan fingerprint density at radius 2 is 2.10 bits per heavy atom. The van der Waals surface area contributed by atoms with Crippen LogP contribution in [-0.4, -0.2) is 17.9 Å². The Balaban J connectivity index is 2.19. The maximum Gasteiger partial charge on any atom is 0.255 e. The highest BCUT2D eigenvalue weighted by Gasteiger charge is 2.15. The van der Waals surface area contributed by atoms with Gasteiger partial charge in [-0.05, 0) is 51.8 Å². The largest absolute Gasteiger partial charge is 0.337 e. The lowest BCUT2D eigenvalue weighted by atomic mass is 10.1. The summed E-state index contributed by atoms with van der Waals surface area (Å²) < 4.78 is 0.739. The maximum absolute atomic E-state index is 12.5. The monoisotopic (exact) mass is 360 g/mol. The van der Waals surface area contributed by atoms with Crippen molar-refractivity contribution in [2.45, 2.75) is 11.4 Å². The van der Waals surface area contributed by atoms with E-state index in [4.69, 9.17) is 5.26 Å². The quantitative estimate of drug-likeness (QED) is 0.844. The maximum atomic E-state index is 12.5. The summed E-state index contributed by atoms with van der Waals surface area (Å²) in [5.74, 6) is -0.0971. The molecule has 0 aliphatic carbocycles. The molecule has 21 heavy (non-hydrogen) atoms. The molecule has 0 aromatic heterocycles. The van der Waals surface area contributed by atoms with Gasteiger partial charge in [0.15, 0.2) is 0 Å². The fourth-order valence-electron chi connectivity index (χ4n) is 1.97. The molecule has 0 aliphatic rings. The molecule has 0 saturated heterocycles. The molecule has 0 saturated carbocycles. The van der Waals surface area contributed by atoms with Gasteiger partial charge in [-0.15, -0.1) is 12.6 Å². The molecule has 106 valence electrons. The Kier molecular flexibility index (Phi) is 5.05. The Morgan fingerprint density at radius 3 is 2.81 bits per heavy atom. The van der Waals surface area contributed by atoms with Gasteiger partial charge in [0, 0.05) is 23.0 Å². The first-order valence-electron chi connectivity index (χ1n) is 6.24. The van der Waals surface area contributed by atoms with E-state index in [1.807, 2.05) is 18.2 Å². The van der Waals surface area contributed by atoms with Crippen molar-refractivity contribution in [1.29, 1.82) is 5.26 Å². The Labute approximate surface area is 137 Å². The van der Waals surface area contributed by atoms with Crippen LogP contribution in [0.15, 0.2) is 51.8 Å². The summed E-state index contributed by atoms with van der Waals surface area (Å²) in [5.41, 5.74) is 2.08. The van der Waals surface area contributed by atoms with E-state index in [1.165, 1.54) is 0 Å². The topological polar surface area (TPSA) is 44.1 Å². The third-order valence-electron chi connectivity index (χ3n) is 3.00.